The molecule has 7 heteroatoms. The minimum absolute atomic E-state index is 0.0735. The summed E-state index contributed by atoms with van der Waals surface area (Å²) in [6.07, 6.45) is 2.77. The number of methoxy groups -OCH3 is 1. The van der Waals surface area contributed by atoms with Crippen molar-refractivity contribution in [2.45, 2.75) is 24.2 Å². The summed E-state index contributed by atoms with van der Waals surface area (Å²) in [6.45, 7) is 0. The standard InChI is InChI=1S/C17H16FNO3S2/c1-22-17(21)15-10-5-4-8-12(10)24-16(15)19-14(20)9-23-13-7-3-2-6-11(13)18/h2-3,6-7H,4-5,8-9H2,1H3,(H,19,20). The van der Waals surface area contributed by atoms with Crippen molar-refractivity contribution in [1.29, 1.82) is 0 Å². The zero-order valence-electron chi connectivity index (χ0n) is 13.1. The Morgan fingerprint density at radius 3 is 2.88 bits per heavy atom. The first-order valence-corrected chi connectivity index (χ1v) is 9.30. The lowest BCUT2D eigenvalue weighted by Gasteiger charge is -2.07. The minimum atomic E-state index is -0.425. The number of halogens is 1. The number of fused-ring (bicyclic) bond motifs is 1. The summed E-state index contributed by atoms with van der Waals surface area (Å²) in [5.41, 5.74) is 1.46. The normalized spacial score (nSPS) is 12.8. The van der Waals surface area contributed by atoms with Gasteiger partial charge in [0.25, 0.3) is 0 Å². The van der Waals surface area contributed by atoms with Crippen LogP contribution in [0.1, 0.15) is 27.2 Å². The summed E-state index contributed by atoms with van der Waals surface area (Å²) in [5.74, 6) is -0.968. The number of carbonyl (C=O) groups excluding carboxylic acids is 2. The third-order valence-corrected chi connectivity index (χ3v) is 6.02. The van der Waals surface area contributed by atoms with Crippen molar-refractivity contribution < 1.29 is 18.7 Å². The number of ether oxygens (including phenoxy) is 1. The molecule has 3 rings (SSSR count). The number of esters is 1. The summed E-state index contributed by atoms with van der Waals surface area (Å²) >= 11 is 2.56. The monoisotopic (exact) mass is 365 g/mol. The summed E-state index contributed by atoms with van der Waals surface area (Å²) in [5, 5.41) is 3.31. The molecular formula is C17H16FNO3S2. The number of thiophene rings is 1. The van der Waals surface area contributed by atoms with Gasteiger partial charge in [-0.05, 0) is 37.0 Å². The van der Waals surface area contributed by atoms with Crippen LogP contribution in [-0.2, 0) is 22.4 Å². The number of nitrogens with one attached hydrogen (secondary N) is 1. The Bertz CT molecular complexity index is 788. The fraction of sp³-hybridized carbons (Fsp3) is 0.294. The first-order valence-electron chi connectivity index (χ1n) is 7.50. The molecule has 0 unspecified atom stereocenters. The van der Waals surface area contributed by atoms with Gasteiger partial charge >= 0.3 is 5.97 Å². The molecule has 24 heavy (non-hydrogen) atoms. The fourth-order valence-corrected chi connectivity index (χ4v) is 4.71. The average molecular weight is 365 g/mol. The molecule has 0 fully saturated rings. The van der Waals surface area contributed by atoms with E-state index in [-0.39, 0.29) is 17.5 Å². The maximum absolute atomic E-state index is 13.6. The van der Waals surface area contributed by atoms with E-state index in [1.807, 2.05) is 0 Å². The van der Waals surface area contributed by atoms with Gasteiger partial charge < -0.3 is 10.1 Å². The third-order valence-electron chi connectivity index (χ3n) is 3.76. The Labute approximate surface area is 147 Å². The molecule has 0 saturated heterocycles. The second-order valence-electron chi connectivity index (χ2n) is 5.32. The van der Waals surface area contributed by atoms with Crippen LogP contribution in [0.15, 0.2) is 29.2 Å². The van der Waals surface area contributed by atoms with Gasteiger partial charge in [0.15, 0.2) is 0 Å². The number of anilines is 1. The molecule has 0 radical (unpaired) electrons. The Balaban J connectivity index is 1.71. The number of hydrogen-bond donors (Lipinski definition) is 1. The van der Waals surface area contributed by atoms with E-state index in [1.165, 1.54) is 24.5 Å². The van der Waals surface area contributed by atoms with E-state index in [4.69, 9.17) is 4.74 Å². The number of aryl methyl sites for hydroxylation is 1. The summed E-state index contributed by atoms with van der Waals surface area (Å²) in [4.78, 5) is 25.8. The highest BCUT2D eigenvalue weighted by molar-refractivity contribution is 8.00. The molecule has 1 aromatic heterocycles. The van der Waals surface area contributed by atoms with E-state index < -0.39 is 5.97 Å². The molecule has 0 atom stereocenters. The zero-order valence-corrected chi connectivity index (χ0v) is 14.7. The van der Waals surface area contributed by atoms with Crippen molar-refractivity contribution in [3.05, 3.63) is 46.1 Å². The molecular weight excluding hydrogens is 349 g/mol. The van der Waals surface area contributed by atoms with Crippen molar-refractivity contribution in [1.82, 2.24) is 0 Å². The van der Waals surface area contributed by atoms with Crippen molar-refractivity contribution >= 4 is 40.0 Å². The quantitative estimate of drug-likeness (QED) is 0.645. The molecule has 2 aromatic rings. The van der Waals surface area contributed by atoms with E-state index in [2.05, 4.69) is 5.32 Å². The number of benzene rings is 1. The fourth-order valence-electron chi connectivity index (χ4n) is 2.68. The van der Waals surface area contributed by atoms with Crippen LogP contribution < -0.4 is 5.32 Å². The first kappa shape index (κ1) is 17.0. The largest absolute Gasteiger partial charge is 0.465 e. The Kier molecular flexibility index (Phi) is 5.20. The molecule has 1 amide bonds. The second kappa shape index (κ2) is 7.36. The van der Waals surface area contributed by atoms with Crippen LogP contribution in [-0.4, -0.2) is 24.7 Å². The van der Waals surface area contributed by atoms with Crippen LogP contribution in [0.25, 0.3) is 0 Å². The molecule has 126 valence electrons. The molecule has 0 bridgehead atoms. The number of rotatable bonds is 5. The van der Waals surface area contributed by atoms with Crippen molar-refractivity contribution in [3.8, 4) is 0 Å². The Morgan fingerprint density at radius 2 is 2.12 bits per heavy atom. The Hall–Kier alpha value is -1.86. The van der Waals surface area contributed by atoms with Crippen molar-refractivity contribution in [2.75, 3.05) is 18.2 Å². The maximum Gasteiger partial charge on any atom is 0.341 e. The summed E-state index contributed by atoms with van der Waals surface area (Å²) in [6, 6.07) is 6.32. The highest BCUT2D eigenvalue weighted by atomic mass is 32.2. The maximum atomic E-state index is 13.6. The lowest BCUT2D eigenvalue weighted by atomic mass is 10.1. The first-order chi connectivity index (χ1) is 11.6. The SMILES string of the molecule is COC(=O)c1c(NC(=O)CSc2ccccc2F)sc2c1CCC2. The van der Waals surface area contributed by atoms with Gasteiger partial charge in [-0.1, -0.05) is 12.1 Å². The van der Waals surface area contributed by atoms with E-state index >= 15 is 0 Å². The topological polar surface area (TPSA) is 55.4 Å². The number of amides is 1. The van der Waals surface area contributed by atoms with E-state index in [0.29, 0.717) is 15.5 Å². The molecule has 0 saturated carbocycles. The van der Waals surface area contributed by atoms with Crippen LogP contribution in [0.2, 0.25) is 0 Å². The molecule has 0 aliphatic heterocycles. The van der Waals surface area contributed by atoms with Crippen LogP contribution in [0, 0.1) is 5.82 Å². The van der Waals surface area contributed by atoms with Gasteiger partial charge in [-0.2, -0.15) is 0 Å². The molecule has 1 aliphatic rings. The van der Waals surface area contributed by atoms with Crippen LogP contribution in [0.5, 0.6) is 0 Å². The molecule has 1 heterocycles. The number of thioether (sulfide) groups is 1. The lowest BCUT2D eigenvalue weighted by Crippen LogP contribution is -2.16. The van der Waals surface area contributed by atoms with Crippen LogP contribution in [0.4, 0.5) is 9.39 Å². The van der Waals surface area contributed by atoms with Gasteiger partial charge in [0, 0.05) is 9.77 Å². The predicted molar refractivity (Wildman–Crippen MR) is 93.4 cm³/mol. The van der Waals surface area contributed by atoms with Crippen LogP contribution >= 0.6 is 23.1 Å². The Morgan fingerprint density at radius 1 is 1.33 bits per heavy atom. The summed E-state index contributed by atoms with van der Waals surface area (Å²) < 4.78 is 18.4. The van der Waals surface area contributed by atoms with E-state index in [1.54, 1.807) is 18.2 Å². The lowest BCUT2D eigenvalue weighted by molar-refractivity contribution is -0.113. The number of carbonyl (C=O) groups is 2. The van der Waals surface area contributed by atoms with Gasteiger partial charge in [-0.3, -0.25) is 4.79 Å². The second-order valence-corrected chi connectivity index (χ2v) is 7.44. The van der Waals surface area contributed by atoms with Crippen molar-refractivity contribution in [3.63, 3.8) is 0 Å². The highest BCUT2D eigenvalue weighted by Gasteiger charge is 2.27. The van der Waals surface area contributed by atoms with Gasteiger partial charge in [0.05, 0.1) is 18.4 Å². The predicted octanol–water partition coefficient (Wildman–Crippen LogP) is 3.89. The number of hydrogen-bond acceptors (Lipinski definition) is 5. The molecule has 1 aromatic carbocycles. The molecule has 1 aliphatic carbocycles. The molecule has 1 N–H and O–H groups in total. The van der Waals surface area contributed by atoms with Gasteiger partial charge in [-0.15, -0.1) is 23.1 Å². The smallest absolute Gasteiger partial charge is 0.341 e. The van der Waals surface area contributed by atoms with E-state index in [0.717, 1.165) is 41.5 Å². The van der Waals surface area contributed by atoms with Gasteiger partial charge in [0.2, 0.25) is 5.91 Å². The summed E-state index contributed by atoms with van der Waals surface area (Å²) in [7, 11) is 1.33. The van der Waals surface area contributed by atoms with Crippen LogP contribution in [0.3, 0.4) is 0 Å². The van der Waals surface area contributed by atoms with E-state index in [9.17, 15) is 14.0 Å². The average Bonchev–Trinajstić information content (AvgIpc) is 3.14. The molecule has 4 nitrogen and oxygen atoms in total. The van der Waals surface area contributed by atoms with Gasteiger partial charge in [0.1, 0.15) is 10.8 Å². The van der Waals surface area contributed by atoms with Gasteiger partial charge in [-0.25, -0.2) is 9.18 Å². The highest BCUT2D eigenvalue weighted by Crippen LogP contribution is 2.39. The minimum Gasteiger partial charge on any atom is -0.465 e. The van der Waals surface area contributed by atoms with Crippen molar-refractivity contribution in [2.24, 2.45) is 0 Å². The zero-order chi connectivity index (χ0) is 17.1. The third kappa shape index (κ3) is 3.47. The molecule has 0 spiro atoms.